The Kier molecular flexibility index (Phi) is 4.55. The Morgan fingerprint density at radius 2 is 1.88 bits per heavy atom. The fraction of sp³-hybridized carbons (Fsp3) is 0.176. The van der Waals surface area contributed by atoms with Crippen LogP contribution in [0.3, 0.4) is 0 Å². The molecule has 0 fully saturated rings. The second kappa shape index (κ2) is 5.92. The summed E-state index contributed by atoms with van der Waals surface area (Å²) in [5.41, 5.74) is 5.56. The second-order valence-corrected chi connectivity index (χ2v) is 4.07. The van der Waals surface area contributed by atoms with Crippen LogP contribution in [0.2, 0.25) is 0 Å². The minimum Gasteiger partial charge on any atom is -0.115 e. The summed E-state index contributed by atoms with van der Waals surface area (Å²) in [6.07, 6.45) is 9.25. The Balaban J connectivity index is 3.30. The lowest BCUT2D eigenvalue weighted by Gasteiger charge is -2.11. The van der Waals surface area contributed by atoms with Crippen molar-refractivity contribution in [2.45, 2.75) is 20.8 Å². The molecule has 0 unspecified atom stereocenters. The van der Waals surface area contributed by atoms with E-state index >= 15 is 0 Å². The zero-order valence-electron chi connectivity index (χ0n) is 10.7. The molecule has 0 nitrogen and oxygen atoms in total. The van der Waals surface area contributed by atoms with E-state index in [1.807, 2.05) is 19.9 Å². The molecule has 0 saturated carbocycles. The topological polar surface area (TPSA) is 0 Å². The summed E-state index contributed by atoms with van der Waals surface area (Å²) in [5.74, 6) is 2.61. The van der Waals surface area contributed by atoms with Crippen LogP contribution >= 0.6 is 0 Å². The summed E-state index contributed by atoms with van der Waals surface area (Å²) in [7, 11) is 0. The zero-order chi connectivity index (χ0) is 12.8. The van der Waals surface area contributed by atoms with Gasteiger partial charge >= 0.3 is 0 Å². The van der Waals surface area contributed by atoms with E-state index in [-0.39, 0.29) is 0 Å². The summed E-state index contributed by atoms with van der Waals surface area (Å²) < 4.78 is 0. The molecule has 0 bridgehead atoms. The highest BCUT2D eigenvalue weighted by molar-refractivity contribution is 5.84. The van der Waals surface area contributed by atoms with Gasteiger partial charge in [-0.15, -0.1) is 6.42 Å². The van der Waals surface area contributed by atoms with E-state index in [2.05, 4.69) is 43.7 Å². The lowest BCUT2D eigenvalue weighted by atomic mass is 9.93. The molecule has 17 heavy (non-hydrogen) atoms. The van der Waals surface area contributed by atoms with Gasteiger partial charge < -0.3 is 0 Å². The van der Waals surface area contributed by atoms with Gasteiger partial charge in [0.1, 0.15) is 0 Å². The van der Waals surface area contributed by atoms with E-state index in [4.69, 9.17) is 6.42 Å². The summed E-state index contributed by atoms with van der Waals surface area (Å²) in [4.78, 5) is 0. The smallest absolute Gasteiger partial charge is 0.00288 e. The predicted molar refractivity (Wildman–Crippen MR) is 76.6 cm³/mol. The van der Waals surface area contributed by atoms with Gasteiger partial charge in [-0.3, -0.25) is 0 Å². The van der Waals surface area contributed by atoms with E-state index in [1.54, 1.807) is 6.08 Å². The number of terminal acetylenes is 1. The second-order valence-electron chi connectivity index (χ2n) is 4.07. The van der Waals surface area contributed by atoms with Gasteiger partial charge in [-0.05, 0) is 43.6 Å². The predicted octanol–water partition coefficient (Wildman–Crippen LogP) is 4.53. The van der Waals surface area contributed by atoms with E-state index < -0.39 is 0 Å². The molecule has 0 aliphatic rings. The van der Waals surface area contributed by atoms with Crippen molar-refractivity contribution in [1.82, 2.24) is 0 Å². The molecule has 1 aromatic carbocycles. The van der Waals surface area contributed by atoms with Crippen molar-refractivity contribution in [1.29, 1.82) is 0 Å². The van der Waals surface area contributed by atoms with Crippen molar-refractivity contribution < 1.29 is 0 Å². The number of hydrogen-bond donors (Lipinski definition) is 0. The highest BCUT2D eigenvalue weighted by atomic mass is 14.1. The normalized spacial score (nSPS) is 12.1. The first-order chi connectivity index (χ1) is 8.10. The first-order valence-electron chi connectivity index (χ1n) is 5.66. The van der Waals surface area contributed by atoms with Crippen molar-refractivity contribution in [3.05, 3.63) is 65.3 Å². The molecule has 0 aromatic heterocycles. The molecule has 0 aliphatic heterocycles. The fourth-order valence-corrected chi connectivity index (χ4v) is 1.76. The van der Waals surface area contributed by atoms with Crippen molar-refractivity contribution in [2.24, 2.45) is 0 Å². The van der Waals surface area contributed by atoms with E-state index in [0.29, 0.717) is 0 Å². The zero-order valence-corrected chi connectivity index (χ0v) is 10.7. The molecule has 0 atom stereocenters. The number of hydrogen-bond acceptors (Lipinski definition) is 0. The van der Waals surface area contributed by atoms with Crippen molar-refractivity contribution in [3.63, 3.8) is 0 Å². The Morgan fingerprint density at radius 3 is 2.29 bits per heavy atom. The van der Waals surface area contributed by atoms with Crippen molar-refractivity contribution in [2.75, 3.05) is 0 Å². The Bertz CT molecular complexity index is 502. The third kappa shape index (κ3) is 3.23. The summed E-state index contributed by atoms with van der Waals surface area (Å²) >= 11 is 0. The lowest BCUT2D eigenvalue weighted by Crippen LogP contribution is -1.91. The first-order valence-corrected chi connectivity index (χ1v) is 5.66. The molecule has 0 saturated heterocycles. The number of aryl methyl sites for hydroxylation is 1. The Labute approximate surface area is 104 Å². The van der Waals surface area contributed by atoms with Crippen LogP contribution in [0.1, 0.15) is 25.0 Å². The monoisotopic (exact) mass is 222 g/mol. The van der Waals surface area contributed by atoms with Crippen LogP contribution < -0.4 is 0 Å². The van der Waals surface area contributed by atoms with E-state index in [0.717, 1.165) is 22.3 Å². The van der Waals surface area contributed by atoms with Gasteiger partial charge in [0.25, 0.3) is 0 Å². The quantitative estimate of drug-likeness (QED) is 0.520. The summed E-state index contributed by atoms with van der Waals surface area (Å²) in [6, 6.07) is 8.35. The van der Waals surface area contributed by atoms with Gasteiger partial charge in [-0.2, -0.15) is 0 Å². The lowest BCUT2D eigenvalue weighted by molar-refractivity contribution is 1.40. The molecule has 0 aliphatic carbocycles. The largest absolute Gasteiger partial charge is 0.115 e. The van der Waals surface area contributed by atoms with Gasteiger partial charge in [0, 0.05) is 0 Å². The minimum atomic E-state index is 1.02. The standard InChI is InChI=1S/C17H18/c1-6-8-17(16(7-2)13(3)4)15-11-9-14(5)10-12-15/h1,7-12H,3H2,2,4-5H3/b16-7+,17-8-. The molecule has 0 heterocycles. The van der Waals surface area contributed by atoms with E-state index in [9.17, 15) is 0 Å². The summed E-state index contributed by atoms with van der Waals surface area (Å²) in [6.45, 7) is 10.1. The van der Waals surface area contributed by atoms with Gasteiger partial charge in [0.2, 0.25) is 0 Å². The average Bonchev–Trinajstić information content (AvgIpc) is 2.29. The molecule has 0 spiro atoms. The fourth-order valence-electron chi connectivity index (χ4n) is 1.76. The minimum absolute atomic E-state index is 1.02. The maximum Gasteiger partial charge on any atom is -0.00288 e. The third-order valence-electron chi connectivity index (χ3n) is 2.63. The molecule has 0 heteroatoms. The van der Waals surface area contributed by atoms with Gasteiger partial charge in [0.15, 0.2) is 0 Å². The van der Waals surface area contributed by atoms with E-state index in [1.165, 1.54) is 5.56 Å². The molecule has 0 N–H and O–H groups in total. The van der Waals surface area contributed by atoms with Crippen molar-refractivity contribution in [3.8, 4) is 12.3 Å². The third-order valence-corrected chi connectivity index (χ3v) is 2.63. The molecule has 0 amide bonds. The number of allylic oxidation sites excluding steroid dienone is 5. The average molecular weight is 222 g/mol. The van der Waals surface area contributed by atoms with Crippen LogP contribution in [0.4, 0.5) is 0 Å². The molecule has 1 rings (SSSR count). The van der Waals surface area contributed by atoms with Crippen LogP contribution in [-0.4, -0.2) is 0 Å². The molecule has 1 aromatic rings. The van der Waals surface area contributed by atoms with Crippen LogP contribution in [0.25, 0.3) is 5.57 Å². The first kappa shape index (κ1) is 13.1. The molecule has 86 valence electrons. The van der Waals surface area contributed by atoms with Gasteiger partial charge in [-0.25, -0.2) is 0 Å². The number of rotatable bonds is 3. The van der Waals surface area contributed by atoms with Crippen LogP contribution in [-0.2, 0) is 0 Å². The van der Waals surface area contributed by atoms with Crippen molar-refractivity contribution >= 4 is 5.57 Å². The maximum atomic E-state index is 5.41. The molecule has 0 radical (unpaired) electrons. The Hall–Kier alpha value is -2.00. The van der Waals surface area contributed by atoms with Crippen LogP contribution in [0.15, 0.2) is 54.1 Å². The SMILES string of the molecule is C#C/C=C(\C(=C\C)C(=C)C)c1ccc(C)cc1. The maximum absolute atomic E-state index is 5.41. The molecular formula is C17H18. The van der Waals surface area contributed by atoms with Crippen LogP contribution in [0, 0.1) is 19.3 Å². The highest BCUT2D eigenvalue weighted by Gasteiger charge is 2.07. The highest BCUT2D eigenvalue weighted by Crippen LogP contribution is 2.27. The van der Waals surface area contributed by atoms with Crippen LogP contribution in [0.5, 0.6) is 0 Å². The number of benzene rings is 1. The summed E-state index contributed by atoms with van der Waals surface area (Å²) in [5, 5.41) is 0. The van der Waals surface area contributed by atoms with Gasteiger partial charge in [0.05, 0.1) is 0 Å². The molecular weight excluding hydrogens is 204 g/mol. The Morgan fingerprint density at radius 1 is 1.29 bits per heavy atom. The van der Waals surface area contributed by atoms with Gasteiger partial charge in [-0.1, -0.05) is 54.0 Å².